The number of Topliss-reactive ketones (excluding diaryl/α,β-unsaturated/α-hetero) is 1. The van der Waals surface area contributed by atoms with E-state index in [9.17, 15) is 9.59 Å². The molecule has 176 valence electrons. The van der Waals surface area contributed by atoms with E-state index in [1.165, 1.54) is 13.0 Å². The first-order chi connectivity index (χ1) is 17.0. The molecule has 1 amide bonds. The highest BCUT2D eigenvalue weighted by Gasteiger charge is 2.16. The lowest BCUT2D eigenvalue weighted by Gasteiger charge is -2.18. The summed E-state index contributed by atoms with van der Waals surface area (Å²) in [6, 6.07) is 19.2. The maximum absolute atomic E-state index is 12.7. The highest BCUT2D eigenvalue weighted by Crippen LogP contribution is 2.34. The average molecular weight is 471 g/mol. The molecular formula is C26H21N3O6. The molecule has 0 saturated carbocycles. The van der Waals surface area contributed by atoms with Crippen molar-refractivity contribution in [2.75, 3.05) is 18.5 Å². The molecule has 1 aliphatic rings. The van der Waals surface area contributed by atoms with Gasteiger partial charge in [-0.25, -0.2) is 4.98 Å². The fourth-order valence-corrected chi connectivity index (χ4v) is 3.50. The molecule has 0 spiro atoms. The zero-order valence-corrected chi connectivity index (χ0v) is 18.8. The number of rotatable bonds is 7. The van der Waals surface area contributed by atoms with Crippen molar-refractivity contribution in [1.82, 2.24) is 10.1 Å². The third-order valence-electron chi connectivity index (χ3n) is 5.24. The van der Waals surface area contributed by atoms with Crippen molar-refractivity contribution in [2.45, 2.75) is 13.5 Å². The Kier molecular flexibility index (Phi) is 6.13. The summed E-state index contributed by atoms with van der Waals surface area (Å²) in [5.41, 5.74) is 2.14. The quantitative estimate of drug-likeness (QED) is 0.391. The summed E-state index contributed by atoms with van der Waals surface area (Å²) in [5, 5.41) is 6.55. The molecule has 2 aromatic heterocycles. The van der Waals surface area contributed by atoms with Gasteiger partial charge in [0.25, 0.3) is 5.91 Å². The van der Waals surface area contributed by atoms with Gasteiger partial charge in [-0.3, -0.25) is 9.59 Å². The van der Waals surface area contributed by atoms with Gasteiger partial charge in [-0.2, -0.15) is 0 Å². The van der Waals surface area contributed by atoms with Crippen LogP contribution in [0.5, 0.6) is 17.2 Å². The molecule has 1 aliphatic heterocycles. The van der Waals surface area contributed by atoms with Gasteiger partial charge in [-0.15, -0.1) is 0 Å². The highest BCUT2D eigenvalue weighted by atomic mass is 16.6. The van der Waals surface area contributed by atoms with Crippen molar-refractivity contribution in [3.05, 3.63) is 83.7 Å². The van der Waals surface area contributed by atoms with E-state index in [2.05, 4.69) is 15.5 Å². The van der Waals surface area contributed by atoms with E-state index in [0.29, 0.717) is 53.3 Å². The molecule has 0 fully saturated rings. The van der Waals surface area contributed by atoms with Crippen LogP contribution in [0.2, 0.25) is 0 Å². The molecule has 5 rings (SSSR count). The maximum Gasteiger partial charge on any atom is 0.279 e. The zero-order chi connectivity index (χ0) is 24.2. The number of nitrogens with one attached hydrogen (secondary N) is 1. The second-order valence-corrected chi connectivity index (χ2v) is 7.77. The van der Waals surface area contributed by atoms with E-state index in [1.54, 1.807) is 36.4 Å². The molecule has 0 radical (unpaired) electrons. The van der Waals surface area contributed by atoms with Crippen molar-refractivity contribution < 1.29 is 28.3 Å². The van der Waals surface area contributed by atoms with E-state index < -0.39 is 5.91 Å². The number of ether oxygens (including phenoxy) is 3. The van der Waals surface area contributed by atoms with Gasteiger partial charge in [0.2, 0.25) is 0 Å². The Morgan fingerprint density at radius 3 is 2.66 bits per heavy atom. The number of carbonyl (C=O) groups is 2. The normalized spacial score (nSPS) is 12.1. The second-order valence-electron chi connectivity index (χ2n) is 7.77. The van der Waals surface area contributed by atoms with E-state index in [4.69, 9.17) is 18.7 Å². The van der Waals surface area contributed by atoms with Crippen molar-refractivity contribution in [1.29, 1.82) is 0 Å². The largest absolute Gasteiger partial charge is 0.486 e. The monoisotopic (exact) mass is 471 g/mol. The van der Waals surface area contributed by atoms with E-state index in [0.717, 1.165) is 5.56 Å². The van der Waals surface area contributed by atoms with Gasteiger partial charge in [0.15, 0.2) is 28.7 Å². The number of hydrogen-bond acceptors (Lipinski definition) is 8. The Hall–Kier alpha value is -4.66. The predicted octanol–water partition coefficient (Wildman–Crippen LogP) is 4.54. The molecule has 0 saturated heterocycles. The van der Waals surface area contributed by atoms with Crippen LogP contribution < -0.4 is 19.5 Å². The lowest BCUT2D eigenvalue weighted by atomic mass is 10.1. The van der Waals surface area contributed by atoms with Gasteiger partial charge < -0.3 is 24.1 Å². The summed E-state index contributed by atoms with van der Waals surface area (Å²) in [7, 11) is 0. The van der Waals surface area contributed by atoms with Crippen LogP contribution in [0.1, 0.15) is 33.5 Å². The second kappa shape index (κ2) is 9.68. The Morgan fingerprint density at radius 1 is 0.971 bits per heavy atom. The molecule has 0 bridgehead atoms. The smallest absolute Gasteiger partial charge is 0.279 e. The lowest BCUT2D eigenvalue weighted by Crippen LogP contribution is -2.15. The van der Waals surface area contributed by atoms with Crippen LogP contribution >= 0.6 is 0 Å². The molecule has 9 heteroatoms. The first-order valence-corrected chi connectivity index (χ1v) is 10.9. The zero-order valence-electron chi connectivity index (χ0n) is 18.8. The number of amides is 1. The molecule has 9 nitrogen and oxygen atoms in total. The first kappa shape index (κ1) is 22.1. The summed E-state index contributed by atoms with van der Waals surface area (Å²) in [6.07, 6.45) is 0. The fourth-order valence-electron chi connectivity index (χ4n) is 3.50. The van der Waals surface area contributed by atoms with Gasteiger partial charge in [-0.1, -0.05) is 23.4 Å². The standard InChI is InChI=1S/C26H21N3O6/c1-16(30)17-4-2-5-19(12-17)34-15-20-14-22(29-35-20)26(31)28-25-7-3-6-21(27-25)18-8-9-23-24(13-18)33-11-10-32-23/h2-9,12-14H,10-11,15H2,1H3,(H,27,28,31). The number of pyridine rings is 1. The molecule has 1 N–H and O–H groups in total. The van der Waals surface area contributed by atoms with Gasteiger partial charge in [0.1, 0.15) is 31.4 Å². The van der Waals surface area contributed by atoms with Gasteiger partial charge in [-0.05, 0) is 49.4 Å². The van der Waals surface area contributed by atoms with E-state index >= 15 is 0 Å². The Labute approximate surface area is 200 Å². The number of aromatic nitrogens is 2. The Balaban J connectivity index is 1.24. The van der Waals surface area contributed by atoms with Crippen LogP contribution in [0.15, 0.2) is 71.3 Å². The number of hydrogen-bond donors (Lipinski definition) is 1. The van der Waals surface area contributed by atoms with Gasteiger partial charge in [0, 0.05) is 17.2 Å². The molecule has 0 aliphatic carbocycles. The van der Waals surface area contributed by atoms with Crippen molar-refractivity contribution in [3.63, 3.8) is 0 Å². The van der Waals surface area contributed by atoms with Gasteiger partial charge in [0.05, 0.1) is 5.69 Å². The van der Waals surface area contributed by atoms with E-state index in [-0.39, 0.29) is 18.1 Å². The van der Waals surface area contributed by atoms with Crippen LogP contribution in [-0.2, 0) is 6.61 Å². The average Bonchev–Trinajstić information content (AvgIpc) is 3.37. The summed E-state index contributed by atoms with van der Waals surface area (Å²) in [6.45, 7) is 2.56. The third-order valence-corrected chi connectivity index (χ3v) is 5.24. The Bertz CT molecular complexity index is 1400. The number of fused-ring (bicyclic) bond motifs is 1. The molecule has 3 heterocycles. The molecule has 0 unspecified atom stereocenters. The molecule has 4 aromatic rings. The highest BCUT2D eigenvalue weighted by molar-refractivity contribution is 6.02. The van der Waals surface area contributed by atoms with Crippen LogP contribution in [0, 0.1) is 0 Å². The number of anilines is 1. The van der Waals surface area contributed by atoms with Crippen LogP contribution in [-0.4, -0.2) is 35.0 Å². The molecule has 2 aromatic carbocycles. The van der Waals surface area contributed by atoms with Crippen LogP contribution in [0.25, 0.3) is 11.3 Å². The van der Waals surface area contributed by atoms with Crippen LogP contribution in [0.4, 0.5) is 5.82 Å². The maximum atomic E-state index is 12.7. The summed E-state index contributed by atoms with van der Waals surface area (Å²) >= 11 is 0. The Morgan fingerprint density at radius 2 is 1.80 bits per heavy atom. The fraction of sp³-hybridized carbons (Fsp3) is 0.154. The van der Waals surface area contributed by atoms with Crippen LogP contribution in [0.3, 0.4) is 0 Å². The van der Waals surface area contributed by atoms with Crippen molar-refractivity contribution in [2.24, 2.45) is 0 Å². The predicted molar refractivity (Wildman–Crippen MR) is 126 cm³/mol. The lowest BCUT2D eigenvalue weighted by molar-refractivity contribution is 0.100. The minimum Gasteiger partial charge on any atom is -0.486 e. The number of benzene rings is 2. The SMILES string of the molecule is CC(=O)c1cccc(OCc2cc(C(=O)Nc3cccc(-c4ccc5c(c4)OCCO5)n3)no2)c1. The molecular weight excluding hydrogens is 450 g/mol. The van der Waals surface area contributed by atoms with Gasteiger partial charge >= 0.3 is 0 Å². The summed E-state index contributed by atoms with van der Waals surface area (Å²) in [5.74, 6) is 2.08. The number of nitrogens with zero attached hydrogens (tertiary/aromatic N) is 2. The number of ketones is 1. The first-order valence-electron chi connectivity index (χ1n) is 10.9. The topological polar surface area (TPSA) is 113 Å². The minimum atomic E-state index is -0.467. The summed E-state index contributed by atoms with van der Waals surface area (Å²) < 4.78 is 22.1. The van der Waals surface area contributed by atoms with E-state index in [1.807, 2.05) is 24.3 Å². The third kappa shape index (κ3) is 5.14. The summed E-state index contributed by atoms with van der Waals surface area (Å²) in [4.78, 5) is 28.7. The number of carbonyl (C=O) groups excluding carboxylic acids is 2. The minimum absolute atomic E-state index is 0.0549. The van der Waals surface area contributed by atoms with Crippen molar-refractivity contribution in [3.8, 4) is 28.5 Å². The van der Waals surface area contributed by atoms with Crippen molar-refractivity contribution >= 4 is 17.5 Å². The molecule has 35 heavy (non-hydrogen) atoms. The molecule has 0 atom stereocenters.